The van der Waals surface area contributed by atoms with Gasteiger partial charge in [0.1, 0.15) is 22.4 Å². The second kappa shape index (κ2) is 6.54. The Balaban J connectivity index is 1.93. The van der Waals surface area contributed by atoms with Gasteiger partial charge in [0.05, 0.1) is 15.5 Å². The zero-order valence-corrected chi connectivity index (χ0v) is 14.4. The summed E-state index contributed by atoms with van der Waals surface area (Å²) in [5, 5.41) is 28.1. The molecule has 3 aromatic rings. The van der Waals surface area contributed by atoms with Gasteiger partial charge in [-0.1, -0.05) is 35.2 Å². The van der Waals surface area contributed by atoms with E-state index in [4.69, 9.17) is 5.73 Å². The van der Waals surface area contributed by atoms with E-state index in [9.17, 15) is 10.4 Å². The number of para-hydroxylation sites is 1. The van der Waals surface area contributed by atoms with E-state index in [0.717, 1.165) is 10.2 Å². The Morgan fingerprint density at radius 2 is 2.13 bits per heavy atom. The summed E-state index contributed by atoms with van der Waals surface area (Å²) >= 11 is 3.92. The second-order valence-electron chi connectivity index (χ2n) is 4.53. The number of thiazole rings is 1. The summed E-state index contributed by atoms with van der Waals surface area (Å²) in [6, 6.07) is 9.68. The quantitative estimate of drug-likeness (QED) is 0.414. The Bertz CT molecular complexity index is 891. The third kappa shape index (κ3) is 3.29. The third-order valence-corrected chi connectivity index (χ3v) is 5.96. The first kappa shape index (κ1) is 15.7. The minimum atomic E-state index is -0.357. The van der Waals surface area contributed by atoms with Gasteiger partial charge in [-0.15, -0.1) is 21.5 Å². The van der Waals surface area contributed by atoms with E-state index in [0.29, 0.717) is 14.5 Å². The number of nitrogens with zero attached hydrogens (tertiary/aromatic N) is 4. The molecule has 0 fully saturated rings. The first-order valence-corrected chi connectivity index (χ1v) is 9.04. The summed E-state index contributed by atoms with van der Waals surface area (Å²) in [6.45, 7) is 1.79. The summed E-state index contributed by atoms with van der Waals surface area (Å²) < 4.78 is 1.61. The average Bonchev–Trinajstić information content (AvgIpc) is 3.13. The second-order valence-corrected chi connectivity index (χ2v) is 8.15. The number of hydrogen-bond donors (Lipinski definition) is 2. The van der Waals surface area contributed by atoms with E-state index < -0.39 is 0 Å². The lowest BCUT2D eigenvalue weighted by Gasteiger charge is -2.09. The first-order valence-electron chi connectivity index (χ1n) is 6.53. The highest BCUT2D eigenvalue weighted by molar-refractivity contribution is 8.01. The van der Waals surface area contributed by atoms with E-state index in [1.807, 2.05) is 24.3 Å². The highest BCUT2D eigenvalue weighted by atomic mass is 32.2. The molecular formula is C14H11N5OS3. The Morgan fingerprint density at radius 1 is 1.35 bits per heavy atom. The first-order chi connectivity index (χ1) is 11.1. The topological polar surface area (TPSA) is 109 Å². The van der Waals surface area contributed by atoms with Crippen LogP contribution in [0.25, 0.3) is 15.8 Å². The number of allylic oxidation sites excluding steroid dienone is 1. The van der Waals surface area contributed by atoms with Crippen molar-refractivity contribution in [2.75, 3.05) is 5.73 Å². The normalized spacial score (nSPS) is 13.6. The van der Waals surface area contributed by atoms with Crippen molar-refractivity contribution in [1.82, 2.24) is 15.2 Å². The number of aliphatic hydroxyl groups is 1. The molecule has 0 aliphatic carbocycles. The van der Waals surface area contributed by atoms with Crippen LogP contribution < -0.4 is 5.73 Å². The average molecular weight is 361 g/mol. The number of fused-ring (bicyclic) bond motifs is 1. The van der Waals surface area contributed by atoms with Crippen LogP contribution >= 0.6 is 34.4 Å². The summed E-state index contributed by atoms with van der Waals surface area (Å²) in [7, 11) is 0. The van der Waals surface area contributed by atoms with Gasteiger partial charge in [-0.25, -0.2) is 4.98 Å². The highest BCUT2D eigenvalue weighted by Crippen LogP contribution is 2.34. The monoisotopic (exact) mass is 361 g/mol. The zero-order valence-electron chi connectivity index (χ0n) is 11.9. The number of thioether (sulfide) groups is 1. The number of hydrogen-bond acceptors (Lipinski definition) is 9. The number of nitriles is 1. The number of nitrogen functional groups attached to an aromatic ring is 1. The van der Waals surface area contributed by atoms with Gasteiger partial charge < -0.3 is 10.8 Å². The van der Waals surface area contributed by atoms with E-state index in [1.165, 1.54) is 34.4 Å². The molecule has 3 rings (SSSR count). The minimum Gasteiger partial charge on any atom is -0.510 e. The van der Waals surface area contributed by atoms with Crippen molar-refractivity contribution in [3.63, 3.8) is 0 Å². The number of nitrogens with two attached hydrogens (primary N) is 1. The lowest BCUT2D eigenvalue weighted by Crippen LogP contribution is -2.03. The lowest BCUT2D eigenvalue weighted by molar-refractivity contribution is 0.402. The van der Waals surface area contributed by atoms with E-state index in [2.05, 4.69) is 21.3 Å². The van der Waals surface area contributed by atoms with Crippen molar-refractivity contribution in [3.8, 4) is 6.07 Å². The van der Waals surface area contributed by atoms with Gasteiger partial charge in [0, 0.05) is 0 Å². The number of rotatable bonds is 4. The Kier molecular flexibility index (Phi) is 4.47. The molecule has 23 heavy (non-hydrogen) atoms. The van der Waals surface area contributed by atoms with Crippen LogP contribution in [0.2, 0.25) is 0 Å². The molecule has 1 aromatic carbocycles. The molecule has 116 valence electrons. The van der Waals surface area contributed by atoms with Crippen molar-refractivity contribution < 1.29 is 5.11 Å². The fourth-order valence-corrected chi connectivity index (χ4v) is 4.69. The van der Waals surface area contributed by atoms with Crippen LogP contribution in [-0.4, -0.2) is 25.5 Å². The standard InChI is InChI=1S/C14H11N5OS3/c1-7(21-14-19-18-13(16)23-14)11(20)8(6-15)12-17-9-4-2-3-5-10(9)22-12/h2-5,7,20H,1H3,(H2,16,18)/b11-8-. The van der Waals surface area contributed by atoms with Crippen LogP contribution in [0.1, 0.15) is 11.9 Å². The number of anilines is 1. The molecule has 6 nitrogen and oxygen atoms in total. The molecule has 9 heteroatoms. The van der Waals surface area contributed by atoms with Crippen molar-refractivity contribution in [2.45, 2.75) is 16.5 Å². The number of aromatic nitrogens is 3. The number of aliphatic hydroxyl groups excluding tert-OH is 1. The maximum atomic E-state index is 10.5. The van der Waals surface area contributed by atoms with Gasteiger partial charge >= 0.3 is 0 Å². The van der Waals surface area contributed by atoms with E-state index >= 15 is 0 Å². The van der Waals surface area contributed by atoms with Crippen LogP contribution in [-0.2, 0) is 0 Å². The Labute approximate surface area is 144 Å². The predicted molar refractivity (Wildman–Crippen MR) is 94.4 cm³/mol. The summed E-state index contributed by atoms with van der Waals surface area (Å²) in [6.07, 6.45) is 0. The molecule has 0 aliphatic rings. The molecule has 0 aliphatic heterocycles. The largest absolute Gasteiger partial charge is 0.510 e. The molecular weight excluding hydrogens is 350 g/mol. The van der Waals surface area contributed by atoms with Gasteiger partial charge in [-0.3, -0.25) is 0 Å². The van der Waals surface area contributed by atoms with Crippen LogP contribution in [0.3, 0.4) is 0 Å². The van der Waals surface area contributed by atoms with Crippen molar-refractivity contribution in [2.24, 2.45) is 0 Å². The highest BCUT2D eigenvalue weighted by Gasteiger charge is 2.20. The van der Waals surface area contributed by atoms with Gasteiger partial charge in [-0.05, 0) is 19.1 Å². The molecule has 2 aromatic heterocycles. The molecule has 0 saturated heterocycles. The predicted octanol–water partition coefficient (Wildman–Crippen LogP) is 3.70. The van der Waals surface area contributed by atoms with Crippen LogP contribution in [0, 0.1) is 11.3 Å². The number of benzene rings is 1. The third-order valence-electron chi connectivity index (χ3n) is 2.96. The van der Waals surface area contributed by atoms with Gasteiger partial charge in [0.15, 0.2) is 4.34 Å². The van der Waals surface area contributed by atoms with E-state index in [1.54, 1.807) is 6.92 Å². The summed E-state index contributed by atoms with van der Waals surface area (Å²) in [5.74, 6) is -0.0228. The molecule has 2 heterocycles. The molecule has 1 atom stereocenters. The Hall–Kier alpha value is -2.15. The SMILES string of the molecule is CC(Sc1nnc(N)s1)/C(O)=C(\C#N)c1nc2ccccc2s1. The van der Waals surface area contributed by atoms with Gasteiger partial charge in [0.2, 0.25) is 5.13 Å². The molecule has 3 N–H and O–H groups in total. The van der Waals surface area contributed by atoms with E-state index in [-0.39, 0.29) is 16.6 Å². The molecule has 1 unspecified atom stereocenters. The zero-order chi connectivity index (χ0) is 16.4. The summed E-state index contributed by atoms with van der Waals surface area (Å²) in [5.41, 5.74) is 6.54. The fraction of sp³-hybridized carbons (Fsp3) is 0.143. The van der Waals surface area contributed by atoms with Crippen molar-refractivity contribution in [3.05, 3.63) is 35.0 Å². The lowest BCUT2D eigenvalue weighted by atomic mass is 10.2. The molecule has 0 saturated carbocycles. The maximum absolute atomic E-state index is 10.5. The van der Waals surface area contributed by atoms with Crippen LogP contribution in [0.5, 0.6) is 0 Å². The molecule has 0 radical (unpaired) electrons. The minimum absolute atomic E-state index is 0.0228. The summed E-state index contributed by atoms with van der Waals surface area (Å²) in [4.78, 5) is 4.42. The molecule has 0 bridgehead atoms. The fourth-order valence-electron chi connectivity index (χ4n) is 1.87. The van der Waals surface area contributed by atoms with Crippen LogP contribution in [0.15, 0.2) is 34.4 Å². The smallest absolute Gasteiger partial charge is 0.203 e. The molecule has 0 amide bonds. The maximum Gasteiger partial charge on any atom is 0.203 e. The van der Waals surface area contributed by atoms with Gasteiger partial charge in [-0.2, -0.15) is 5.26 Å². The Morgan fingerprint density at radius 3 is 2.78 bits per heavy atom. The van der Waals surface area contributed by atoms with Crippen molar-refractivity contribution in [1.29, 1.82) is 5.26 Å². The van der Waals surface area contributed by atoms with Gasteiger partial charge in [0.25, 0.3) is 0 Å². The van der Waals surface area contributed by atoms with Crippen LogP contribution in [0.4, 0.5) is 5.13 Å². The molecule has 0 spiro atoms. The van der Waals surface area contributed by atoms with Crippen molar-refractivity contribution >= 4 is 55.4 Å².